The molecule has 11 nitrogen and oxygen atoms in total. The van der Waals surface area contributed by atoms with Crippen LogP contribution < -0.4 is 16.8 Å². The molecule has 0 unspecified atom stereocenters. The summed E-state index contributed by atoms with van der Waals surface area (Å²) in [4.78, 5) is 31.9. The topological polar surface area (TPSA) is 191 Å². The molecule has 0 aliphatic rings. The Kier molecular flexibility index (Phi) is 5.10. The van der Waals surface area contributed by atoms with Crippen LogP contribution >= 0.6 is 0 Å². The molecule has 3 rings (SSSR count). The number of nitrogens with zero attached hydrogens (tertiary/aromatic N) is 3. The van der Waals surface area contributed by atoms with Crippen LogP contribution in [0.2, 0.25) is 0 Å². The second-order valence-corrected chi connectivity index (χ2v) is 7.29. The second kappa shape index (κ2) is 7.52. The summed E-state index contributed by atoms with van der Waals surface area (Å²) in [5, 5.41) is 11.8. The predicted molar refractivity (Wildman–Crippen MR) is 104 cm³/mol. The molecule has 0 saturated heterocycles. The number of benzene rings is 2. The molecule has 6 N–H and O–H groups in total. The van der Waals surface area contributed by atoms with Gasteiger partial charge in [0.2, 0.25) is 5.96 Å². The highest BCUT2D eigenvalue weighted by Gasteiger charge is 2.22. The first-order chi connectivity index (χ1) is 13.7. The van der Waals surface area contributed by atoms with Crippen LogP contribution in [-0.4, -0.2) is 41.3 Å². The molecule has 12 heteroatoms. The van der Waals surface area contributed by atoms with Gasteiger partial charge in [0.25, 0.3) is 15.9 Å². The summed E-state index contributed by atoms with van der Waals surface area (Å²) in [6.07, 6.45) is 0. The lowest BCUT2D eigenvalue weighted by molar-refractivity contribution is 0.0685. The maximum atomic E-state index is 12.6. The van der Waals surface area contributed by atoms with Gasteiger partial charge in [-0.15, -0.1) is 4.40 Å². The molecule has 2 aromatic carbocycles. The molecule has 148 valence electrons. The van der Waals surface area contributed by atoms with Gasteiger partial charge in [0.15, 0.2) is 11.4 Å². The van der Waals surface area contributed by atoms with Crippen molar-refractivity contribution in [3.63, 3.8) is 0 Å². The molecular weight excluding hydrogens is 400 g/mol. The van der Waals surface area contributed by atoms with Crippen molar-refractivity contribution in [2.75, 3.05) is 5.32 Å². The van der Waals surface area contributed by atoms with Crippen LogP contribution in [0.15, 0.2) is 57.8 Å². The van der Waals surface area contributed by atoms with E-state index in [-0.39, 0.29) is 16.3 Å². The third kappa shape index (κ3) is 4.27. The fraction of sp³-hybridized carbons (Fsp3) is 0. The van der Waals surface area contributed by atoms with Gasteiger partial charge in [-0.25, -0.2) is 14.8 Å². The Bertz CT molecular complexity index is 1250. The van der Waals surface area contributed by atoms with Crippen molar-refractivity contribution in [2.24, 2.45) is 15.9 Å². The Balaban J connectivity index is 1.92. The Morgan fingerprint density at radius 3 is 2.00 bits per heavy atom. The van der Waals surface area contributed by atoms with Crippen molar-refractivity contribution in [2.45, 2.75) is 4.90 Å². The molecule has 0 fully saturated rings. The van der Waals surface area contributed by atoms with E-state index in [1.807, 2.05) is 0 Å². The largest absolute Gasteiger partial charge is 0.476 e. The van der Waals surface area contributed by atoms with E-state index in [0.29, 0.717) is 11.0 Å². The van der Waals surface area contributed by atoms with Crippen molar-refractivity contribution in [3.8, 4) is 0 Å². The number of carbonyl (C=O) groups excluding carboxylic acids is 1. The number of hydrogen-bond acceptors (Lipinski definition) is 6. The fourth-order valence-corrected chi connectivity index (χ4v) is 3.26. The summed E-state index contributed by atoms with van der Waals surface area (Å²) in [5.74, 6) is -2.84. The quantitative estimate of drug-likeness (QED) is 0.341. The molecule has 1 amide bonds. The number of amides is 1. The number of rotatable bonds is 5. The lowest BCUT2D eigenvalue weighted by Crippen LogP contribution is -2.24. The van der Waals surface area contributed by atoms with Gasteiger partial charge in [0.1, 0.15) is 0 Å². The van der Waals surface area contributed by atoms with Gasteiger partial charge in [-0.2, -0.15) is 8.42 Å². The van der Waals surface area contributed by atoms with Crippen LogP contribution in [0.1, 0.15) is 21.0 Å². The molecule has 0 aliphatic carbocycles. The van der Waals surface area contributed by atoms with E-state index in [2.05, 4.69) is 19.7 Å². The van der Waals surface area contributed by atoms with Crippen molar-refractivity contribution in [1.82, 2.24) is 9.97 Å². The third-order valence-electron chi connectivity index (χ3n) is 3.62. The number of sulfonamides is 1. The van der Waals surface area contributed by atoms with E-state index in [4.69, 9.17) is 11.5 Å². The second-order valence-electron chi connectivity index (χ2n) is 5.68. The average Bonchev–Trinajstić information content (AvgIpc) is 2.66. The van der Waals surface area contributed by atoms with E-state index in [0.717, 1.165) is 0 Å². The molecule has 3 aromatic rings. The van der Waals surface area contributed by atoms with Crippen LogP contribution in [0.3, 0.4) is 0 Å². The average molecular weight is 414 g/mol. The summed E-state index contributed by atoms with van der Waals surface area (Å²) in [7, 11) is -4.07. The highest BCUT2D eigenvalue weighted by Crippen LogP contribution is 2.18. The van der Waals surface area contributed by atoms with Crippen LogP contribution in [0, 0.1) is 0 Å². The van der Waals surface area contributed by atoms with Gasteiger partial charge in [0.05, 0.1) is 15.9 Å². The molecule has 29 heavy (non-hydrogen) atoms. The van der Waals surface area contributed by atoms with E-state index in [1.165, 1.54) is 24.3 Å². The Morgan fingerprint density at radius 2 is 1.48 bits per heavy atom. The van der Waals surface area contributed by atoms with Crippen molar-refractivity contribution in [1.29, 1.82) is 0 Å². The van der Waals surface area contributed by atoms with Crippen LogP contribution in [0.5, 0.6) is 0 Å². The van der Waals surface area contributed by atoms with E-state index in [9.17, 15) is 23.1 Å². The molecule has 0 saturated carbocycles. The van der Waals surface area contributed by atoms with Crippen LogP contribution in [-0.2, 0) is 10.0 Å². The Morgan fingerprint density at radius 1 is 0.931 bits per heavy atom. The zero-order valence-electron chi connectivity index (χ0n) is 14.6. The summed E-state index contributed by atoms with van der Waals surface area (Å²) >= 11 is 0. The number of hydrogen-bond donors (Lipinski definition) is 4. The number of carboxylic acids is 1. The first-order valence-corrected chi connectivity index (χ1v) is 9.39. The molecule has 1 aromatic heterocycles. The highest BCUT2D eigenvalue weighted by atomic mass is 32.2. The molecule has 0 radical (unpaired) electrons. The number of para-hydroxylation sites is 2. The Hall–Kier alpha value is -4.06. The third-order valence-corrected chi connectivity index (χ3v) is 4.94. The van der Waals surface area contributed by atoms with Gasteiger partial charge in [-0.1, -0.05) is 12.1 Å². The zero-order chi connectivity index (χ0) is 21.2. The summed E-state index contributed by atoms with van der Waals surface area (Å²) in [6.45, 7) is 0. The number of aromatic carboxylic acids is 1. The minimum absolute atomic E-state index is 0.194. The first-order valence-electron chi connectivity index (χ1n) is 7.95. The molecule has 0 aliphatic heterocycles. The van der Waals surface area contributed by atoms with E-state index < -0.39 is 33.6 Å². The van der Waals surface area contributed by atoms with Crippen molar-refractivity contribution in [3.05, 3.63) is 59.9 Å². The van der Waals surface area contributed by atoms with Crippen LogP contribution in [0.25, 0.3) is 11.0 Å². The minimum Gasteiger partial charge on any atom is -0.476 e. The maximum absolute atomic E-state index is 12.6. The number of carbonyl (C=O) groups is 2. The zero-order valence-corrected chi connectivity index (χ0v) is 15.4. The summed E-state index contributed by atoms with van der Waals surface area (Å²) in [5.41, 5.74) is 10.2. The van der Waals surface area contributed by atoms with Gasteiger partial charge in [-0.05, 0) is 36.4 Å². The SMILES string of the molecule is NC(N)=NS(=O)(=O)c1ccc(NC(=O)c2nc3ccccc3nc2C(=O)O)cc1. The molecule has 0 bridgehead atoms. The van der Waals surface area contributed by atoms with E-state index >= 15 is 0 Å². The van der Waals surface area contributed by atoms with E-state index in [1.54, 1.807) is 24.3 Å². The molecule has 1 heterocycles. The van der Waals surface area contributed by atoms with Gasteiger partial charge < -0.3 is 21.9 Å². The molecule has 0 spiro atoms. The summed E-state index contributed by atoms with van der Waals surface area (Å²) < 4.78 is 27.0. The fourth-order valence-electron chi connectivity index (χ4n) is 2.40. The van der Waals surface area contributed by atoms with Crippen LogP contribution in [0.4, 0.5) is 5.69 Å². The first kappa shape index (κ1) is 19.7. The highest BCUT2D eigenvalue weighted by molar-refractivity contribution is 7.90. The molecular formula is C17H14N6O5S. The number of guanidine groups is 1. The van der Waals surface area contributed by atoms with Crippen molar-refractivity contribution >= 4 is 44.6 Å². The number of anilines is 1. The maximum Gasteiger partial charge on any atom is 0.357 e. The monoisotopic (exact) mass is 414 g/mol. The number of aromatic nitrogens is 2. The molecule has 0 atom stereocenters. The summed E-state index contributed by atoms with van der Waals surface area (Å²) in [6, 6.07) is 11.5. The predicted octanol–water partition coefficient (Wildman–Crippen LogP) is 0.542. The van der Waals surface area contributed by atoms with Gasteiger partial charge >= 0.3 is 5.97 Å². The normalized spacial score (nSPS) is 11.0. The van der Waals surface area contributed by atoms with Gasteiger partial charge in [0, 0.05) is 5.69 Å². The number of carboxylic acid groups (broad SMARTS) is 1. The van der Waals surface area contributed by atoms with Gasteiger partial charge in [-0.3, -0.25) is 4.79 Å². The van der Waals surface area contributed by atoms with Crippen molar-refractivity contribution < 1.29 is 23.1 Å². The lowest BCUT2D eigenvalue weighted by atomic mass is 10.2. The lowest BCUT2D eigenvalue weighted by Gasteiger charge is -2.08. The number of nitrogens with two attached hydrogens (primary N) is 2. The smallest absolute Gasteiger partial charge is 0.357 e. The Labute approximate surface area is 164 Å². The number of nitrogens with one attached hydrogen (secondary N) is 1. The number of fused-ring (bicyclic) bond motifs is 1. The minimum atomic E-state index is -4.07. The standard InChI is InChI=1S/C17H14N6O5S/c18-17(19)23-29(27,28)10-7-5-9(6-8-10)20-15(24)13-14(16(25)26)22-12-4-2-1-3-11(12)21-13/h1-8H,(H,20,24)(H,25,26)(H4,18,19,23).